The van der Waals surface area contributed by atoms with E-state index in [-0.39, 0.29) is 5.91 Å². The number of fused-ring (bicyclic) bond motifs is 1. The number of hydrogen-bond donors (Lipinski definition) is 0. The summed E-state index contributed by atoms with van der Waals surface area (Å²) in [6.07, 6.45) is 4.33. The van der Waals surface area contributed by atoms with Gasteiger partial charge >= 0.3 is 0 Å². The molecule has 0 bridgehead atoms. The Morgan fingerprint density at radius 1 is 1.30 bits per heavy atom. The van der Waals surface area contributed by atoms with Gasteiger partial charge in [-0.1, -0.05) is 0 Å². The summed E-state index contributed by atoms with van der Waals surface area (Å²) < 4.78 is 0. The Morgan fingerprint density at radius 3 is 2.85 bits per heavy atom. The van der Waals surface area contributed by atoms with E-state index in [1.165, 1.54) is 12.0 Å². The zero-order valence-electron chi connectivity index (χ0n) is 11.7. The van der Waals surface area contributed by atoms with Gasteiger partial charge < -0.3 is 9.80 Å². The van der Waals surface area contributed by atoms with Crippen LogP contribution in [-0.2, 0) is 17.6 Å². The molecule has 0 unspecified atom stereocenters. The number of anilines is 1. The highest BCUT2D eigenvalue weighted by Crippen LogP contribution is 2.27. The fraction of sp³-hybridized carbons (Fsp3) is 0.533. The maximum atomic E-state index is 11.8. The third kappa shape index (κ3) is 2.22. The van der Waals surface area contributed by atoms with Gasteiger partial charge in [0.15, 0.2) is 0 Å². The van der Waals surface area contributed by atoms with Crippen LogP contribution >= 0.6 is 0 Å². The minimum Gasteiger partial charge on any atom is -0.344 e. The second-order valence-corrected chi connectivity index (χ2v) is 5.52. The first-order valence-electron chi connectivity index (χ1n) is 7.11. The van der Waals surface area contributed by atoms with Crippen molar-refractivity contribution in [1.82, 2.24) is 9.88 Å². The summed E-state index contributed by atoms with van der Waals surface area (Å²) in [4.78, 5) is 20.2. The Labute approximate surface area is 118 Å². The molecule has 1 fully saturated rings. The Balaban J connectivity index is 1.96. The molecular weight excluding hydrogens is 252 g/mol. The van der Waals surface area contributed by atoms with Crippen molar-refractivity contribution in [2.75, 3.05) is 31.6 Å². The van der Waals surface area contributed by atoms with Gasteiger partial charge in [0.1, 0.15) is 11.9 Å². The summed E-state index contributed by atoms with van der Waals surface area (Å²) in [6, 6.07) is 4.21. The van der Waals surface area contributed by atoms with Crippen LogP contribution in [0.5, 0.6) is 0 Å². The van der Waals surface area contributed by atoms with Gasteiger partial charge in [0.2, 0.25) is 5.91 Å². The summed E-state index contributed by atoms with van der Waals surface area (Å²) in [7, 11) is 1.81. The number of likely N-dealkylation sites (N-methyl/N-ethyl adjacent to an activating group) is 1. The van der Waals surface area contributed by atoms with Crippen LogP contribution in [0.25, 0.3) is 0 Å². The third-order valence-corrected chi connectivity index (χ3v) is 4.16. The van der Waals surface area contributed by atoms with Gasteiger partial charge in [-0.25, -0.2) is 4.98 Å². The molecule has 104 valence electrons. The first-order chi connectivity index (χ1) is 9.69. The lowest BCUT2D eigenvalue weighted by molar-refractivity contribution is -0.129. The van der Waals surface area contributed by atoms with Gasteiger partial charge in [-0.3, -0.25) is 4.79 Å². The molecule has 1 saturated heterocycles. The molecule has 0 aromatic carbocycles. The van der Waals surface area contributed by atoms with Gasteiger partial charge in [0.25, 0.3) is 0 Å². The van der Waals surface area contributed by atoms with Gasteiger partial charge in [0, 0.05) is 25.8 Å². The summed E-state index contributed by atoms with van der Waals surface area (Å²) in [5, 5.41) is 9.36. The highest BCUT2D eigenvalue weighted by atomic mass is 16.2. The van der Waals surface area contributed by atoms with Crippen LogP contribution in [0, 0.1) is 11.3 Å². The Hall–Kier alpha value is -2.09. The number of rotatable bonds is 1. The maximum Gasteiger partial charge on any atom is 0.241 e. The molecule has 2 heterocycles. The molecule has 0 atom stereocenters. The fourth-order valence-corrected chi connectivity index (χ4v) is 2.89. The molecule has 5 heteroatoms. The smallest absolute Gasteiger partial charge is 0.241 e. The minimum atomic E-state index is 0.0830. The van der Waals surface area contributed by atoms with Crippen LogP contribution in [0.2, 0.25) is 0 Å². The van der Waals surface area contributed by atoms with Gasteiger partial charge in [-0.05, 0) is 37.3 Å². The second kappa shape index (κ2) is 5.12. The number of carbonyl (C=O) groups is 1. The SMILES string of the molecule is CN1CCN(c2nc3c(cc2C#N)CCCC3)CC1=O. The highest BCUT2D eigenvalue weighted by Gasteiger charge is 2.25. The van der Waals surface area contributed by atoms with E-state index in [1.807, 2.05) is 18.0 Å². The number of aromatic nitrogens is 1. The molecule has 1 aliphatic heterocycles. The summed E-state index contributed by atoms with van der Waals surface area (Å²) in [5.41, 5.74) is 2.91. The summed E-state index contributed by atoms with van der Waals surface area (Å²) in [6.45, 7) is 1.74. The highest BCUT2D eigenvalue weighted by molar-refractivity contribution is 5.82. The van der Waals surface area contributed by atoms with Gasteiger partial charge in [-0.2, -0.15) is 5.26 Å². The molecule has 2 aliphatic rings. The van der Waals surface area contributed by atoms with Crippen molar-refractivity contribution < 1.29 is 4.79 Å². The van der Waals surface area contributed by atoms with E-state index in [2.05, 4.69) is 6.07 Å². The quantitative estimate of drug-likeness (QED) is 0.767. The normalized spacial score (nSPS) is 18.7. The monoisotopic (exact) mass is 270 g/mol. The standard InChI is InChI=1S/C15H18N4O/c1-18-6-7-19(10-14(18)20)15-12(9-16)8-11-4-2-3-5-13(11)17-15/h8H,2-7,10H2,1H3. The molecule has 0 spiro atoms. The number of aryl methyl sites for hydroxylation is 2. The molecule has 0 N–H and O–H groups in total. The van der Waals surface area contributed by atoms with E-state index in [0.29, 0.717) is 24.5 Å². The molecule has 0 saturated carbocycles. The second-order valence-electron chi connectivity index (χ2n) is 5.52. The Bertz CT molecular complexity index is 590. The number of hydrogen-bond acceptors (Lipinski definition) is 4. The maximum absolute atomic E-state index is 11.8. The van der Waals surface area contributed by atoms with Crippen molar-refractivity contribution in [3.63, 3.8) is 0 Å². The molecule has 1 aliphatic carbocycles. The first-order valence-corrected chi connectivity index (χ1v) is 7.11. The zero-order valence-corrected chi connectivity index (χ0v) is 11.7. The fourth-order valence-electron chi connectivity index (χ4n) is 2.89. The van der Waals surface area contributed by atoms with Crippen molar-refractivity contribution >= 4 is 11.7 Å². The van der Waals surface area contributed by atoms with Crippen molar-refractivity contribution in [2.45, 2.75) is 25.7 Å². The predicted molar refractivity (Wildman–Crippen MR) is 75.4 cm³/mol. The summed E-state index contributed by atoms with van der Waals surface area (Å²) in [5.74, 6) is 0.772. The number of carbonyl (C=O) groups excluding carboxylic acids is 1. The van der Waals surface area contributed by atoms with E-state index in [0.717, 1.165) is 31.5 Å². The predicted octanol–water partition coefficient (Wildman–Crippen LogP) is 1.11. The Kier molecular flexibility index (Phi) is 3.31. The molecule has 1 aromatic heterocycles. The van der Waals surface area contributed by atoms with Crippen molar-refractivity contribution in [3.8, 4) is 6.07 Å². The van der Waals surface area contributed by atoms with E-state index in [9.17, 15) is 10.1 Å². The molecule has 0 radical (unpaired) electrons. The van der Waals surface area contributed by atoms with Crippen LogP contribution in [0.3, 0.4) is 0 Å². The van der Waals surface area contributed by atoms with E-state index in [4.69, 9.17) is 4.98 Å². The minimum absolute atomic E-state index is 0.0830. The first kappa shape index (κ1) is 12.9. The van der Waals surface area contributed by atoms with Crippen molar-refractivity contribution in [1.29, 1.82) is 5.26 Å². The average molecular weight is 270 g/mol. The van der Waals surface area contributed by atoms with Gasteiger partial charge in [-0.15, -0.1) is 0 Å². The van der Waals surface area contributed by atoms with E-state index < -0.39 is 0 Å². The number of nitrogens with zero attached hydrogens (tertiary/aromatic N) is 4. The lowest BCUT2D eigenvalue weighted by Gasteiger charge is -2.33. The summed E-state index contributed by atoms with van der Waals surface area (Å²) >= 11 is 0. The lowest BCUT2D eigenvalue weighted by atomic mass is 9.95. The molecular formula is C15H18N4O. The van der Waals surface area contributed by atoms with Crippen molar-refractivity contribution in [2.24, 2.45) is 0 Å². The molecule has 1 aromatic rings. The topological polar surface area (TPSA) is 60.2 Å². The largest absolute Gasteiger partial charge is 0.344 e. The van der Waals surface area contributed by atoms with Crippen LogP contribution in [0.1, 0.15) is 29.7 Å². The molecule has 20 heavy (non-hydrogen) atoms. The molecule has 1 amide bonds. The van der Waals surface area contributed by atoms with E-state index in [1.54, 1.807) is 4.90 Å². The number of nitriles is 1. The Morgan fingerprint density at radius 2 is 2.10 bits per heavy atom. The van der Waals surface area contributed by atoms with Crippen molar-refractivity contribution in [3.05, 3.63) is 22.9 Å². The van der Waals surface area contributed by atoms with E-state index >= 15 is 0 Å². The van der Waals surface area contributed by atoms with Crippen LogP contribution in [-0.4, -0.2) is 42.5 Å². The zero-order chi connectivity index (χ0) is 14.1. The number of amides is 1. The average Bonchev–Trinajstić information content (AvgIpc) is 2.48. The third-order valence-electron chi connectivity index (χ3n) is 4.16. The number of piperazine rings is 1. The number of pyridine rings is 1. The lowest BCUT2D eigenvalue weighted by Crippen LogP contribution is -2.49. The van der Waals surface area contributed by atoms with Crippen LogP contribution < -0.4 is 4.90 Å². The van der Waals surface area contributed by atoms with Crippen LogP contribution in [0.15, 0.2) is 6.07 Å². The van der Waals surface area contributed by atoms with Gasteiger partial charge in [0.05, 0.1) is 12.1 Å². The van der Waals surface area contributed by atoms with Crippen LogP contribution in [0.4, 0.5) is 5.82 Å². The molecule has 3 rings (SSSR count). The molecule has 5 nitrogen and oxygen atoms in total.